The lowest BCUT2D eigenvalue weighted by molar-refractivity contribution is -0.143. The van der Waals surface area contributed by atoms with Crippen LogP contribution in [-0.4, -0.2) is 33.3 Å². The first-order valence-electron chi connectivity index (χ1n) is 9.61. The molecule has 150 valence electrons. The zero-order valence-electron chi connectivity index (χ0n) is 17.6. The summed E-state index contributed by atoms with van der Waals surface area (Å²) in [4.78, 5) is 32.0. The van der Waals surface area contributed by atoms with E-state index in [1.807, 2.05) is 39.8 Å². The van der Waals surface area contributed by atoms with Gasteiger partial charge >= 0.3 is 5.97 Å². The SMILES string of the molecule is CC1=C(C(=O)OC(C)C)[C@@H](c2ccc(C(C)(C)C)cc2)N2C(=O)[C@H](C)SC2=N1. The van der Waals surface area contributed by atoms with Crippen molar-refractivity contribution in [1.82, 2.24) is 4.90 Å². The Balaban J connectivity index is 2.10. The lowest BCUT2D eigenvalue weighted by atomic mass is 9.85. The molecule has 28 heavy (non-hydrogen) atoms. The van der Waals surface area contributed by atoms with E-state index < -0.39 is 12.0 Å². The van der Waals surface area contributed by atoms with E-state index in [0.29, 0.717) is 16.4 Å². The number of hydrogen-bond acceptors (Lipinski definition) is 5. The fourth-order valence-electron chi connectivity index (χ4n) is 3.42. The van der Waals surface area contributed by atoms with E-state index >= 15 is 0 Å². The zero-order valence-corrected chi connectivity index (χ0v) is 18.4. The minimum Gasteiger partial charge on any atom is -0.459 e. The van der Waals surface area contributed by atoms with E-state index in [4.69, 9.17) is 4.74 Å². The number of allylic oxidation sites excluding steroid dienone is 1. The first-order chi connectivity index (χ1) is 13.0. The third-order valence-corrected chi connectivity index (χ3v) is 5.97. The number of aliphatic imine (C=N–C) groups is 1. The summed E-state index contributed by atoms with van der Waals surface area (Å²) in [5, 5.41) is 0.435. The molecule has 1 aromatic carbocycles. The normalized spacial score (nSPS) is 22.5. The molecule has 0 aromatic heterocycles. The van der Waals surface area contributed by atoms with Gasteiger partial charge in [-0.1, -0.05) is 56.8 Å². The van der Waals surface area contributed by atoms with Crippen molar-refractivity contribution in [3.63, 3.8) is 0 Å². The highest BCUT2D eigenvalue weighted by Crippen LogP contribution is 2.43. The number of thioether (sulfide) groups is 1. The monoisotopic (exact) mass is 400 g/mol. The van der Waals surface area contributed by atoms with Crippen molar-refractivity contribution >= 4 is 28.8 Å². The Hall–Kier alpha value is -2.08. The molecule has 0 saturated carbocycles. The van der Waals surface area contributed by atoms with E-state index in [0.717, 1.165) is 5.56 Å². The topological polar surface area (TPSA) is 59.0 Å². The summed E-state index contributed by atoms with van der Waals surface area (Å²) in [5.74, 6) is -0.450. The van der Waals surface area contributed by atoms with Crippen LogP contribution in [0, 0.1) is 0 Å². The van der Waals surface area contributed by atoms with Crippen LogP contribution in [0.25, 0.3) is 0 Å². The molecule has 1 saturated heterocycles. The first kappa shape index (κ1) is 20.6. The molecule has 0 aliphatic carbocycles. The quantitative estimate of drug-likeness (QED) is 0.697. The number of hydrogen-bond donors (Lipinski definition) is 0. The van der Waals surface area contributed by atoms with Gasteiger partial charge in [-0.05, 0) is 44.2 Å². The van der Waals surface area contributed by atoms with Crippen molar-refractivity contribution in [2.75, 3.05) is 0 Å². The van der Waals surface area contributed by atoms with Crippen molar-refractivity contribution in [3.8, 4) is 0 Å². The van der Waals surface area contributed by atoms with Crippen LogP contribution in [0.3, 0.4) is 0 Å². The van der Waals surface area contributed by atoms with Gasteiger partial charge in [0.2, 0.25) is 5.91 Å². The molecule has 0 N–H and O–H groups in total. The first-order valence-corrected chi connectivity index (χ1v) is 10.5. The molecular weight excluding hydrogens is 372 g/mol. The number of rotatable bonds is 3. The van der Waals surface area contributed by atoms with Gasteiger partial charge in [-0.15, -0.1) is 0 Å². The average Bonchev–Trinajstić information content (AvgIpc) is 2.86. The van der Waals surface area contributed by atoms with Crippen LogP contribution in [0.1, 0.15) is 65.6 Å². The predicted octanol–water partition coefficient (Wildman–Crippen LogP) is 4.58. The average molecular weight is 401 g/mol. The fraction of sp³-hybridized carbons (Fsp3) is 0.500. The predicted molar refractivity (Wildman–Crippen MR) is 113 cm³/mol. The minimum atomic E-state index is -0.516. The largest absolute Gasteiger partial charge is 0.459 e. The maximum absolute atomic E-state index is 12.9. The second-order valence-electron chi connectivity index (χ2n) is 8.59. The minimum absolute atomic E-state index is 0.0245. The number of carbonyl (C=O) groups is 2. The molecule has 2 atom stereocenters. The van der Waals surface area contributed by atoms with Gasteiger partial charge in [0, 0.05) is 0 Å². The molecule has 1 amide bonds. The lowest BCUT2D eigenvalue weighted by Gasteiger charge is -2.33. The second-order valence-corrected chi connectivity index (χ2v) is 9.90. The maximum Gasteiger partial charge on any atom is 0.338 e. The van der Waals surface area contributed by atoms with E-state index in [1.54, 1.807) is 4.90 Å². The van der Waals surface area contributed by atoms with Gasteiger partial charge in [-0.3, -0.25) is 9.69 Å². The smallest absolute Gasteiger partial charge is 0.338 e. The Kier molecular flexibility index (Phi) is 5.45. The summed E-state index contributed by atoms with van der Waals surface area (Å²) in [5.41, 5.74) is 3.15. The second kappa shape index (κ2) is 7.39. The standard InChI is InChI=1S/C22H28N2O3S/c1-12(2)27-20(26)17-13(3)23-21-24(19(25)14(4)28-21)18(17)15-8-10-16(11-9-15)22(5,6)7/h8-12,14,18H,1-7H3/t14-,18+/m0/s1. The molecule has 2 aliphatic rings. The van der Waals surface area contributed by atoms with Crippen LogP contribution < -0.4 is 0 Å². The zero-order chi connectivity index (χ0) is 20.8. The highest BCUT2D eigenvalue weighted by Gasteiger charge is 2.46. The Morgan fingerprint density at radius 2 is 1.82 bits per heavy atom. The van der Waals surface area contributed by atoms with Gasteiger partial charge in [0.05, 0.1) is 28.7 Å². The lowest BCUT2D eigenvalue weighted by Crippen LogP contribution is -2.40. The van der Waals surface area contributed by atoms with Gasteiger partial charge < -0.3 is 4.74 Å². The van der Waals surface area contributed by atoms with Crippen LogP contribution in [0.2, 0.25) is 0 Å². The number of benzene rings is 1. The van der Waals surface area contributed by atoms with E-state index in [1.165, 1.54) is 17.3 Å². The molecule has 1 aromatic rings. The Morgan fingerprint density at radius 1 is 1.21 bits per heavy atom. The fourth-order valence-corrected chi connectivity index (χ4v) is 4.45. The number of amides is 1. The number of nitrogens with zero attached hydrogens (tertiary/aromatic N) is 2. The highest BCUT2D eigenvalue weighted by atomic mass is 32.2. The number of ether oxygens (including phenoxy) is 1. The van der Waals surface area contributed by atoms with Crippen molar-refractivity contribution < 1.29 is 14.3 Å². The van der Waals surface area contributed by atoms with Crippen LogP contribution in [0.15, 0.2) is 40.5 Å². The summed E-state index contributed by atoms with van der Waals surface area (Å²) in [7, 11) is 0. The van der Waals surface area contributed by atoms with E-state index in [9.17, 15) is 9.59 Å². The number of fused-ring (bicyclic) bond motifs is 1. The molecular formula is C22H28N2O3S. The molecule has 6 heteroatoms. The van der Waals surface area contributed by atoms with Crippen LogP contribution >= 0.6 is 11.8 Å². The van der Waals surface area contributed by atoms with Gasteiger partial charge in [0.25, 0.3) is 0 Å². The highest BCUT2D eigenvalue weighted by molar-refractivity contribution is 8.15. The van der Waals surface area contributed by atoms with Gasteiger partial charge in [-0.25, -0.2) is 9.79 Å². The van der Waals surface area contributed by atoms with Gasteiger partial charge in [0.15, 0.2) is 5.17 Å². The molecule has 0 unspecified atom stereocenters. The summed E-state index contributed by atoms with van der Waals surface area (Å²) < 4.78 is 5.49. The number of esters is 1. The van der Waals surface area contributed by atoms with Crippen LogP contribution in [0.4, 0.5) is 0 Å². The van der Waals surface area contributed by atoms with Crippen molar-refractivity contribution in [2.45, 2.75) is 71.3 Å². The third kappa shape index (κ3) is 3.75. The Bertz CT molecular complexity index is 863. The summed E-state index contributed by atoms with van der Waals surface area (Å²) in [6.07, 6.45) is -0.246. The maximum atomic E-state index is 12.9. The summed E-state index contributed by atoms with van der Waals surface area (Å²) in [6, 6.07) is 7.63. The van der Waals surface area contributed by atoms with E-state index in [-0.39, 0.29) is 22.7 Å². The van der Waals surface area contributed by atoms with Crippen LogP contribution in [-0.2, 0) is 19.7 Å². The molecule has 3 rings (SSSR count). The molecule has 2 aliphatic heterocycles. The summed E-state index contributed by atoms with van der Waals surface area (Å²) >= 11 is 1.43. The molecule has 5 nitrogen and oxygen atoms in total. The molecule has 0 bridgehead atoms. The number of amidine groups is 1. The number of carbonyl (C=O) groups excluding carboxylic acids is 2. The van der Waals surface area contributed by atoms with Crippen molar-refractivity contribution in [1.29, 1.82) is 0 Å². The van der Waals surface area contributed by atoms with E-state index in [2.05, 4.69) is 37.9 Å². The summed E-state index contributed by atoms with van der Waals surface area (Å²) in [6.45, 7) is 13.8. The van der Waals surface area contributed by atoms with Crippen molar-refractivity contribution in [3.05, 3.63) is 46.7 Å². The third-order valence-electron chi connectivity index (χ3n) is 4.91. The molecule has 2 heterocycles. The molecule has 1 fully saturated rings. The van der Waals surface area contributed by atoms with Gasteiger partial charge in [-0.2, -0.15) is 0 Å². The molecule has 0 radical (unpaired) electrons. The Labute approximate surface area is 171 Å². The van der Waals surface area contributed by atoms with Crippen LogP contribution in [0.5, 0.6) is 0 Å². The van der Waals surface area contributed by atoms with Crippen molar-refractivity contribution in [2.24, 2.45) is 4.99 Å². The Morgan fingerprint density at radius 3 is 2.36 bits per heavy atom. The van der Waals surface area contributed by atoms with Gasteiger partial charge in [0.1, 0.15) is 0 Å². The molecule has 0 spiro atoms.